The predicted molar refractivity (Wildman–Crippen MR) is 156 cm³/mol. The van der Waals surface area contributed by atoms with Crippen LogP contribution in [0.4, 0.5) is 0 Å². The Bertz CT molecular complexity index is 1210. The van der Waals surface area contributed by atoms with Crippen molar-refractivity contribution in [2.75, 3.05) is 7.11 Å². The van der Waals surface area contributed by atoms with E-state index >= 15 is 0 Å². The largest absolute Gasteiger partial charge is 0.497 e. The van der Waals surface area contributed by atoms with Crippen molar-refractivity contribution in [1.82, 2.24) is 4.90 Å². The van der Waals surface area contributed by atoms with Crippen LogP contribution in [0.5, 0.6) is 5.75 Å². The van der Waals surface area contributed by atoms with E-state index in [2.05, 4.69) is 27.7 Å². The molecule has 2 aromatic rings. The Hall–Kier alpha value is -3.16. The van der Waals surface area contributed by atoms with Crippen LogP contribution in [0.15, 0.2) is 71.9 Å². The SMILES string of the molecule is CC[Si](CC)(CC)O[C@H](C)[C@H]1C(=O)N2C(C(=O)OCc3ccc(OC)cc3)=C(/C=C/c3ccccc3)[C@H](C)[C@H]12. The minimum absolute atomic E-state index is 0.0248. The van der Waals surface area contributed by atoms with E-state index in [4.69, 9.17) is 13.9 Å². The summed E-state index contributed by atoms with van der Waals surface area (Å²) in [7, 11) is -0.279. The summed E-state index contributed by atoms with van der Waals surface area (Å²) in [5, 5.41) is 0. The molecule has 0 radical (unpaired) electrons. The van der Waals surface area contributed by atoms with Crippen molar-refractivity contribution in [3.05, 3.63) is 83.1 Å². The maximum atomic E-state index is 13.6. The minimum Gasteiger partial charge on any atom is -0.497 e. The molecule has 0 spiro atoms. The van der Waals surface area contributed by atoms with Gasteiger partial charge in [-0.25, -0.2) is 4.79 Å². The molecule has 0 N–H and O–H groups in total. The molecule has 1 fully saturated rings. The number of hydrogen-bond acceptors (Lipinski definition) is 5. The first-order valence-corrected chi connectivity index (χ1v) is 16.6. The molecule has 2 aromatic carbocycles. The fourth-order valence-corrected chi connectivity index (χ4v) is 8.88. The zero-order valence-corrected chi connectivity index (χ0v) is 25.0. The highest BCUT2D eigenvalue weighted by Crippen LogP contribution is 2.49. The van der Waals surface area contributed by atoms with Gasteiger partial charge in [0, 0.05) is 5.92 Å². The van der Waals surface area contributed by atoms with E-state index in [0.717, 1.165) is 40.6 Å². The lowest BCUT2D eigenvalue weighted by molar-refractivity contribution is -0.163. The average molecular weight is 548 g/mol. The van der Waals surface area contributed by atoms with Crippen LogP contribution in [0.2, 0.25) is 18.1 Å². The fourth-order valence-electron chi connectivity index (χ4n) is 5.95. The molecular formula is C32H41NO5Si. The Kier molecular flexibility index (Phi) is 9.13. The van der Waals surface area contributed by atoms with E-state index in [1.807, 2.05) is 73.7 Å². The summed E-state index contributed by atoms with van der Waals surface area (Å²) in [6.07, 6.45) is 3.78. The molecule has 4 rings (SSSR count). The van der Waals surface area contributed by atoms with Crippen molar-refractivity contribution in [1.29, 1.82) is 0 Å². The van der Waals surface area contributed by atoms with E-state index in [9.17, 15) is 9.59 Å². The molecule has 2 aliphatic heterocycles. The van der Waals surface area contributed by atoms with Gasteiger partial charge in [-0.3, -0.25) is 4.79 Å². The van der Waals surface area contributed by atoms with Crippen molar-refractivity contribution in [2.24, 2.45) is 11.8 Å². The van der Waals surface area contributed by atoms with Gasteiger partial charge in [-0.05, 0) is 53.9 Å². The Morgan fingerprint density at radius 2 is 1.64 bits per heavy atom. The van der Waals surface area contributed by atoms with Crippen molar-refractivity contribution in [3.8, 4) is 5.75 Å². The smallest absolute Gasteiger partial charge is 0.355 e. The normalized spacial score (nSPS) is 21.6. The number of carbonyl (C=O) groups excluding carboxylic acids is 2. The van der Waals surface area contributed by atoms with Crippen molar-refractivity contribution in [3.63, 3.8) is 0 Å². The summed E-state index contributed by atoms with van der Waals surface area (Å²) in [4.78, 5) is 28.8. The van der Waals surface area contributed by atoms with E-state index in [1.165, 1.54) is 0 Å². The van der Waals surface area contributed by atoms with Gasteiger partial charge in [0.15, 0.2) is 8.32 Å². The van der Waals surface area contributed by atoms with Gasteiger partial charge >= 0.3 is 5.97 Å². The van der Waals surface area contributed by atoms with Crippen LogP contribution in [-0.2, 0) is 25.4 Å². The molecule has 0 saturated carbocycles. The topological polar surface area (TPSA) is 65.1 Å². The van der Waals surface area contributed by atoms with Crippen LogP contribution >= 0.6 is 0 Å². The molecule has 1 amide bonds. The lowest BCUT2D eigenvalue weighted by Crippen LogP contribution is -2.65. The Balaban J connectivity index is 1.60. The summed E-state index contributed by atoms with van der Waals surface area (Å²) < 4.78 is 17.7. The van der Waals surface area contributed by atoms with Gasteiger partial charge < -0.3 is 18.8 Å². The number of esters is 1. The quantitative estimate of drug-likeness (QED) is 0.170. The Morgan fingerprint density at radius 3 is 2.23 bits per heavy atom. The molecule has 6 nitrogen and oxygen atoms in total. The standard InChI is InChI=1S/C32H41NO5Si/c1-7-39(8-2,9-3)38-23(5)28-29-22(4)27(20-17-24-13-11-10-12-14-24)30(33(29)31(28)34)32(35)37-21-25-15-18-26(36-6)19-16-25/h10-20,22-23,28-29H,7-9,21H2,1-6H3/b20-17+/t22-,23+,28+,29+/m0/s1. The van der Waals surface area contributed by atoms with Crippen molar-refractivity contribution in [2.45, 2.75) is 71.5 Å². The summed E-state index contributed by atoms with van der Waals surface area (Å²) in [5.74, 6) is -0.0899. The van der Waals surface area contributed by atoms with E-state index < -0.39 is 14.3 Å². The molecule has 0 bridgehead atoms. The highest BCUT2D eigenvalue weighted by atomic mass is 28.4. The number of ether oxygens (including phenoxy) is 2. The van der Waals surface area contributed by atoms with Gasteiger partial charge in [-0.2, -0.15) is 0 Å². The molecular weight excluding hydrogens is 506 g/mol. The average Bonchev–Trinajstić information content (AvgIpc) is 3.22. The number of rotatable bonds is 12. The summed E-state index contributed by atoms with van der Waals surface area (Å²) in [5.41, 5.74) is 3.06. The number of nitrogens with zero attached hydrogens (tertiary/aromatic N) is 1. The molecule has 4 atom stereocenters. The van der Waals surface area contributed by atoms with Crippen molar-refractivity contribution < 1.29 is 23.5 Å². The summed E-state index contributed by atoms with van der Waals surface area (Å²) >= 11 is 0. The van der Waals surface area contributed by atoms with Crippen LogP contribution in [0.3, 0.4) is 0 Å². The van der Waals surface area contributed by atoms with E-state index in [-0.39, 0.29) is 36.5 Å². The van der Waals surface area contributed by atoms with Crippen LogP contribution in [-0.4, -0.2) is 44.3 Å². The number of allylic oxidation sites excluding steroid dienone is 1. The second-order valence-corrected chi connectivity index (χ2v) is 15.3. The Morgan fingerprint density at radius 1 is 1.00 bits per heavy atom. The third-order valence-corrected chi connectivity index (χ3v) is 13.3. The van der Waals surface area contributed by atoms with E-state index in [1.54, 1.807) is 12.0 Å². The molecule has 39 heavy (non-hydrogen) atoms. The van der Waals surface area contributed by atoms with Gasteiger partial charge in [-0.15, -0.1) is 0 Å². The highest BCUT2D eigenvalue weighted by molar-refractivity contribution is 6.73. The number of hydrogen-bond donors (Lipinski definition) is 0. The van der Waals surface area contributed by atoms with E-state index in [0.29, 0.717) is 5.70 Å². The summed E-state index contributed by atoms with van der Waals surface area (Å²) in [6, 6.07) is 20.3. The number of β-lactam (4-membered cyclic amide) rings is 1. The number of benzene rings is 2. The molecule has 208 valence electrons. The number of fused-ring (bicyclic) bond motifs is 1. The number of amides is 1. The maximum Gasteiger partial charge on any atom is 0.355 e. The van der Waals surface area contributed by atoms with Gasteiger partial charge in [0.25, 0.3) is 0 Å². The van der Waals surface area contributed by atoms with Crippen LogP contribution < -0.4 is 4.74 Å². The van der Waals surface area contributed by atoms with Gasteiger partial charge in [0.1, 0.15) is 18.1 Å². The third-order valence-electron chi connectivity index (χ3n) is 8.56. The first-order valence-electron chi connectivity index (χ1n) is 14.1. The third kappa shape index (κ3) is 5.75. The summed E-state index contributed by atoms with van der Waals surface area (Å²) in [6.45, 7) is 10.8. The molecule has 0 aliphatic carbocycles. The zero-order chi connectivity index (χ0) is 28.2. The zero-order valence-electron chi connectivity index (χ0n) is 24.0. The molecule has 0 unspecified atom stereocenters. The number of carbonyl (C=O) groups is 2. The fraction of sp³-hybridized carbons (Fsp3) is 0.438. The van der Waals surface area contributed by atoms with Gasteiger partial charge in [-0.1, -0.05) is 82.3 Å². The Labute approximate surface area is 233 Å². The number of methoxy groups -OCH3 is 1. The lowest BCUT2D eigenvalue weighted by Gasteiger charge is -2.49. The van der Waals surface area contributed by atoms with Crippen LogP contribution in [0.1, 0.15) is 45.7 Å². The molecule has 2 aliphatic rings. The highest BCUT2D eigenvalue weighted by Gasteiger charge is 2.60. The first kappa shape index (κ1) is 28.8. The second-order valence-electron chi connectivity index (χ2n) is 10.6. The monoisotopic (exact) mass is 547 g/mol. The predicted octanol–water partition coefficient (Wildman–Crippen LogP) is 6.59. The minimum atomic E-state index is -1.89. The first-order chi connectivity index (χ1) is 18.8. The molecule has 1 saturated heterocycles. The lowest BCUT2D eigenvalue weighted by atomic mass is 9.77. The van der Waals surface area contributed by atoms with Crippen LogP contribution in [0.25, 0.3) is 6.08 Å². The van der Waals surface area contributed by atoms with Gasteiger partial charge in [0.05, 0.1) is 25.2 Å². The second kappa shape index (κ2) is 12.3. The van der Waals surface area contributed by atoms with Crippen molar-refractivity contribution >= 4 is 26.3 Å². The molecule has 0 aromatic heterocycles. The maximum absolute atomic E-state index is 13.6. The molecule has 7 heteroatoms. The molecule has 2 heterocycles. The van der Waals surface area contributed by atoms with Gasteiger partial charge in [0.2, 0.25) is 5.91 Å². The van der Waals surface area contributed by atoms with Crippen LogP contribution in [0, 0.1) is 11.8 Å².